The second kappa shape index (κ2) is 8.69. The van der Waals surface area contributed by atoms with Crippen molar-refractivity contribution in [3.8, 4) is 10.7 Å². The molecule has 3 rings (SSSR count). The highest BCUT2D eigenvalue weighted by atomic mass is 32.1. The number of aryl methyl sites for hydroxylation is 1. The average Bonchev–Trinajstić information content (AvgIpc) is 3.25. The van der Waals surface area contributed by atoms with Gasteiger partial charge in [-0.3, -0.25) is 0 Å². The van der Waals surface area contributed by atoms with Crippen molar-refractivity contribution in [2.24, 2.45) is 5.92 Å². The summed E-state index contributed by atoms with van der Waals surface area (Å²) in [6.45, 7) is 10.5. The minimum atomic E-state index is 0.0260. The molecule has 2 aromatic heterocycles. The van der Waals surface area contributed by atoms with E-state index in [1.54, 1.807) is 23.7 Å². The molecule has 6 heteroatoms. The van der Waals surface area contributed by atoms with Crippen molar-refractivity contribution in [1.29, 1.82) is 5.41 Å². The van der Waals surface area contributed by atoms with Crippen LogP contribution in [0.15, 0.2) is 41.9 Å². The molecule has 0 aromatic carbocycles. The molecule has 0 radical (unpaired) electrons. The van der Waals surface area contributed by atoms with Crippen molar-refractivity contribution in [2.75, 3.05) is 0 Å². The first-order valence-electron chi connectivity index (χ1n) is 9.83. The van der Waals surface area contributed by atoms with Crippen molar-refractivity contribution >= 4 is 22.7 Å². The Morgan fingerprint density at radius 3 is 2.50 bits per heavy atom. The first kappa shape index (κ1) is 20.3. The van der Waals surface area contributed by atoms with Crippen LogP contribution in [0.2, 0.25) is 0 Å². The molecule has 1 unspecified atom stereocenters. The summed E-state index contributed by atoms with van der Waals surface area (Å²) < 4.78 is 0. The van der Waals surface area contributed by atoms with Crippen LogP contribution >= 0.6 is 11.3 Å². The highest BCUT2D eigenvalue weighted by Crippen LogP contribution is 2.36. The second-order valence-electron chi connectivity index (χ2n) is 7.26. The van der Waals surface area contributed by atoms with Crippen molar-refractivity contribution in [1.82, 2.24) is 20.6 Å². The van der Waals surface area contributed by atoms with Gasteiger partial charge in [0.2, 0.25) is 0 Å². The third-order valence-electron chi connectivity index (χ3n) is 5.13. The van der Waals surface area contributed by atoms with Crippen LogP contribution in [0.3, 0.4) is 0 Å². The van der Waals surface area contributed by atoms with Gasteiger partial charge < -0.3 is 16.0 Å². The van der Waals surface area contributed by atoms with E-state index in [1.165, 1.54) is 16.0 Å². The zero-order chi connectivity index (χ0) is 20.3. The van der Waals surface area contributed by atoms with Gasteiger partial charge in [0.25, 0.3) is 0 Å². The minimum Gasteiger partial charge on any atom is -0.364 e. The fourth-order valence-corrected chi connectivity index (χ4v) is 4.88. The molecular weight excluding hydrogens is 366 g/mol. The zero-order valence-corrected chi connectivity index (χ0v) is 18.1. The maximum atomic E-state index is 7.97. The number of hydrogen-bond donors (Lipinski definition) is 3. The fraction of sp³-hybridized carbons (Fsp3) is 0.409. The minimum absolute atomic E-state index is 0.0260. The van der Waals surface area contributed by atoms with Crippen LogP contribution in [0.25, 0.3) is 16.4 Å². The lowest BCUT2D eigenvalue weighted by molar-refractivity contribution is 0.492. The van der Waals surface area contributed by atoms with Crippen molar-refractivity contribution in [2.45, 2.75) is 53.6 Å². The molecule has 148 valence electrons. The molecule has 0 fully saturated rings. The Morgan fingerprint density at radius 1 is 1.21 bits per heavy atom. The van der Waals surface area contributed by atoms with E-state index < -0.39 is 0 Å². The van der Waals surface area contributed by atoms with E-state index in [0.717, 1.165) is 34.9 Å². The standard InChI is InChI=1S/C22H29N5S/c1-6-16(7-2)17(12-14(4)23)21-26-15(5)19(27-21)20-13(3)11-18(28-20)22-24-9-8-10-25-22/h8-12,16,21,23,26-27H,6-7H2,1-5H3/b17-12-,23-14?. The van der Waals surface area contributed by atoms with E-state index >= 15 is 0 Å². The topological polar surface area (TPSA) is 73.7 Å². The highest BCUT2D eigenvalue weighted by molar-refractivity contribution is 7.16. The first-order chi connectivity index (χ1) is 13.4. The summed E-state index contributed by atoms with van der Waals surface area (Å²) in [5.74, 6) is 1.22. The van der Waals surface area contributed by atoms with Crippen LogP contribution in [0.4, 0.5) is 0 Å². The van der Waals surface area contributed by atoms with E-state index in [2.05, 4.69) is 54.4 Å². The smallest absolute Gasteiger partial charge is 0.169 e. The molecule has 0 bridgehead atoms. The summed E-state index contributed by atoms with van der Waals surface area (Å²) in [6, 6.07) is 3.99. The number of rotatable bonds is 7. The number of aromatic nitrogens is 2. The van der Waals surface area contributed by atoms with Crippen LogP contribution in [-0.4, -0.2) is 21.8 Å². The molecule has 0 spiro atoms. The van der Waals surface area contributed by atoms with Gasteiger partial charge in [0.1, 0.15) is 6.17 Å². The Balaban J connectivity index is 1.90. The first-order valence-corrected chi connectivity index (χ1v) is 10.6. The number of thiophene rings is 1. The van der Waals surface area contributed by atoms with Gasteiger partial charge in [-0.05, 0) is 68.9 Å². The maximum absolute atomic E-state index is 7.97. The second-order valence-corrected chi connectivity index (χ2v) is 8.31. The fourth-order valence-electron chi connectivity index (χ4n) is 3.69. The van der Waals surface area contributed by atoms with E-state index in [1.807, 2.05) is 19.1 Å². The third-order valence-corrected chi connectivity index (χ3v) is 6.38. The van der Waals surface area contributed by atoms with Gasteiger partial charge in [-0.15, -0.1) is 11.3 Å². The van der Waals surface area contributed by atoms with Gasteiger partial charge in [0.05, 0.1) is 15.5 Å². The molecule has 1 atom stereocenters. The van der Waals surface area contributed by atoms with Crippen molar-refractivity contribution < 1.29 is 0 Å². The average molecular weight is 396 g/mol. The summed E-state index contributed by atoms with van der Waals surface area (Å²) in [5, 5.41) is 15.3. The normalized spacial score (nSPS) is 17.1. The number of allylic oxidation sites excluding steroid dienone is 2. The summed E-state index contributed by atoms with van der Waals surface area (Å²) in [5.41, 5.74) is 5.33. The predicted molar refractivity (Wildman–Crippen MR) is 118 cm³/mol. The molecule has 3 heterocycles. The van der Waals surface area contributed by atoms with E-state index in [-0.39, 0.29) is 6.17 Å². The third kappa shape index (κ3) is 4.17. The molecule has 1 aliphatic rings. The van der Waals surface area contributed by atoms with E-state index in [0.29, 0.717) is 11.6 Å². The lowest BCUT2D eigenvalue weighted by atomic mass is 9.90. The lowest BCUT2D eigenvalue weighted by Crippen LogP contribution is -2.37. The SMILES string of the molecule is CCC(CC)/C(=C/C(C)=N)C1NC(C)=C(c2sc(-c3ncccn3)cc2C)N1. The lowest BCUT2D eigenvalue weighted by Gasteiger charge is -2.25. The van der Waals surface area contributed by atoms with Gasteiger partial charge in [0.15, 0.2) is 5.82 Å². The largest absolute Gasteiger partial charge is 0.364 e. The summed E-state index contributed by atoms with van der Waals surface area (Å²) in [4.78, 5) is 11.1. The molecule has 5 nitrogen and oxygen atoms in total. The van der Waals surface area contributed by atoms with E-state index in [9.17, 15) is 0 Å². The molecule has 3 N–H and O–H groups in total. The Labute approximate surface area is 171 Å². The van der Waals surface area contributed by atoms with Gasteiger partial charge >= 0.3 is 0 Å². The zero-order valence-electron chi connectivity index (χ0n) is 17.3. The molecule has 0 aliphatic carbocycles. The number of hydrogen-bond acceptors (Lipinski definition) is 6. The van der Waals surface area contributed by atoms with Crippen LogP contribution in [0.5, 0.6) is 0 Å². The number of nitrogens with one attached hydrogen (secondary N) is 3. The molecule has 0 saturated carbocycles. The predicted octanol–water partition coefficient (Wildman–Crippen LogP) is 5.12. The number of nitrogens with zero attached hydrogens (tertiary/aromatic N) is 2. The van der Waals surface area contributed by atoms with Gasteiger partial charge in [-0.2, -0.15) is 0 Å². The summed E-state index contributed by atoms with van der Waals surface area (Å²) >= 11 is 1.71. The molecule has 1 aliphatic heterocycles. The Bertz CT molecular complexity index is 906. The van der Waals surface area contributed by atoms with Gasteiger partial charge in [0, 0.05) is 23.8 Å². The quantitative estimate of drug-likeness (QED) is 0.569. The molecule has 0 amide bonds. The van der Waals surface area contributed by atoms with Crippen LogP contribution in [0.1, 0.15) is 51.0 Å². The maximum Gasteiger partial charge on any atom is 0.169 e. The molecule has 2 aromatic rings. The summed E-state index contributed by atoms with van der Waals surface area (Å²) in [7, 11) is 0. The van der Waals surface area contributed by atoms with Crippen molar-refractivity contribution in [3.63, 3.8) is 0 Å². The molecular formula is C22H29N5S. The highest BCUT2D eigenvalue weighted by Gasteiger charge is 2.29. The van der Waals surface area contributed by atoms with Gasteiger partial charge in [-0.25, -0.2) is 9.97 Å². The molecule has 0 saturated heterocycles. The summed E-state index contributed by atoms with van der Waals surface area (Å²) in [6.07, 6.45) is 7.73. The molecule has 28 heavy (non-hydrogen) atoms. The van der Waals surface area contributed by atoms with Crippen molar-refractivity contribution in [3.05, 3.63) is 52.3 Å². The van der Waals surface area contributed by atoms with E-state index in [4.69, 9.17) is 5.41 Å². The Hall–Kier alpha value is -2.47. The van der Waals surface area contributed by atoms with Crippen LogP contribution in [0, 0.1) is 18.3 Å². The van der Waals surface area contributed by atoms with Gasteiger partial charge in [-0.1, -0.05) is 13.8 Å². The Morgan fingerprint density at radius 2 is 1.89 bits per heavy atom. The monoisotopic (exact) mass is 395 g/mol. The Kier molecular flexibility index (Phi) is 6.29. The van der Waals surface area contributed by atoms with Crippen LogP contribution < -0.4 is 10.6 Å². The van der Waals surface area contributed by atoms with Crippen LogP contribution in [-0.2, 0) is 0 Å².